The molecule has 0 spiro atoms. The SMILES string of the molecule is CCNc1cc2c(nn1)CCN(C(=O)c1c[nH]c3ncccc13)C2. The van der Waals surface area contributed by atoms with Crippen LogP contribution in [0, 0.1) is 0 Å². The van der Waals surface area contributed by atoms with E-state index in [0.717, 1.165) is 41.1 Å². The fourth-order valence-corrected chi connectivity index (χ4v) is 3.07. The first kappa shape index (κ1) is 14.6. The monoisotopic (exact) mass is 322 g/mol. The lowest BCUT2D eigenvalue weighted by Crippen LogP contribution is -2.36. The van der Waals surface area contributed by atoms with Crippen molar-refractivity contribution in [1.82, 2.24) is 25.1 Å². The van der Waals surface area contributed by atoms with E-state index in [2.05, 4.69) is 25.5 Å². The number of aromatic amines is 1. The van der Waals surface area contributed by atoms with E-state index in [0.29, 0.717) is 18.7 Å². The zero-order valence-electron chi connectivity index (χ0n) is 13.4. The molecule has 3 aromatic rings. The van der Waals surface area contributed by atoms with Crippen molar-refractivity contribution >= 4 is 22.8 Å². The van der Waals surface area contributed by atoms with Gasteiger partial charge in [0.15, 0.2) is 0 Å². The first-order valence-electron chi connectivity index (χ1n) is 8.07. The summed E-state index contributed by atoms with van der Waals surface area (Å²) in [5.74, 6) is 0.767. The highest BCUT2D eigenvalue weighted by molar-refractivity contribution is 6.05. The highest BCUT2D eigenvalue weighted by atomic mass is 16.2. The summed E-state index contributed by atoms with van der Waals surface area (Å²) in [4.78, 5) is 22.1. The van der Waals surface area contributed by atoms with Crippen molar-refractivity contribution in [2.24, 2.45) is 0 Å². The van der Waals surface area contributed by atoms with Crippen LogP contribution in [0.5, 0.6) is 0 Å². The van der Waals surface area contributed by atoms with E-state index >= 15 is 0 Å². The van der Waals surface area contributed by atoms with Gasteiger partial charge in [-0.25, -0.2) is 4.98 Å². The van der Waals surface area contributed by atoms with E-state index < -0.39 is 0 Å². The fraction of sp³-hybridized carbons (Fsp3) is 0.294. The third-order valence-corrected chi connectivity index (χ3v) is 4.27. The molecule has 0 aliphatic carbocycles. The maximum absolute atomic E-state index is 12.9. The molecule has 0 saturated carbocycles. The summed E-state index contributed by atoms with van der Waals surface area (Å²) < 4.78 is 0. The number of amides is 1. The first-order valence-corrected chi connectivity index (χ1v) is 8.07. The summed E-state index contributed by atoms with van der Waals surface area (Å²) >= 11 is 0. The Labute approximate surface area is 139 Å². The molecule has 24 heavy (non-hydrogen) atoms. The number of aromatic nitrogens is 4. The second-order valence-electron chi connectivity index (χ2n) is 5.81. The predicted octanol–water partition coefficient (Wildman–Crippen LogP) is 1.98. The minimum atomic E-state index is 0.0155. The van der Waals surface area contributed by atoms with Crippen LogP contribution in [0.4, 0.5) is 5.82 Å². The summed E-state index contributed by atoms with van der Waals surface area (Å²) in [6.45, 7) is 4.00. The van der Waals surface area contributed by atoms with E-state index in [1.165, 1.54) is 0 Å². The second kappa shape index (κ2) is 5.92. The van der Waals surface area contributed by atoms with Crippen LogP contribution in [-0.2, 0) is 13.0 Å². The van der Waals surface area contributed by atoms with Crippen molar-refractivity contribution in [2.45, 2.75) is 19.9 Å². The Bertz CT molecular complexity index is 903. The Morgan fingerprint density at radius 3 is 3.21 bits per heavy atom. The number of pyridine rings is 1. The summed E-state index contributed by atoms with van der Waals surface area (Å²) in [6, 6.07) is 5.75. The molecule has 1 amide bonds. The molecule has 7 heteroatoms. The molecule has 0 radical (unpaired) electrons. The van der Waals surface area contributed by atoms with Crippen LogP contribution in [0.2, 0.25) is 0 Å². The predicted molar refractivity (Wildman–Crippen MR) is 90.7 cm³/mol. The molecule has 4 heterocycles. The molecule has 4 rings (SSSR count). The molecule has 0 unspecified atom stereocenters. The molecule has 0 bridgehead atoms. The van der Waals surface area contributed by atoms with E-state index in [-0.39, 0.29) is 5.91 Å². The number of fused-ring (bicyclic) bond motifs is 2. The van der Waals surface area contributed by atoms with Crippen LogP contribution in [0.25, 0.3) is 11.0 Å². The molecule has 0 fully saturated rings. The van der Waals surface area contributed by atoms with Gasteiger partial charge in [0, 0.05) is 43.8 Å². The van der Waals surface area contributed by atoms with Gasteiger partial charge in [-0.1, -0.05) is 0 Å². The molecule has 7 nitrogen and oxygen atoms in total. The third-order valence-electron chi connectivity index (χ3n) is 4.27. The molecule has 1 aliphatic heterocycles. The van der Waals surface area contributed by atoms with Gasteiger partial charge in [-0.3, -0.25) is 4.79 Å². The summed E-state index contributed by atoms with van der Waals surface area (Å²) in [6.07, 6.45) is 4.18. The van der Waals surface area contributed by atoms with Gasteiger partial charge in [0.05, 0.1) is 11.3 Å². The summed E-state index contributed by atoms with van der Waals surface area (Å²) in [5.41, 5.74) is 3.42. The van der Waals surface area contributed by atoms with Crippen molar-refractivity contribution in [3.63, 3.8) is 0 Å². The van der Waals surface area contributed by atoms with Gasteiger partial charge in [0.25, 0.3) is 5.91 Å². The zero-order valence-corrected chi connectivity index (χ0v) is 13.4. The van der Waals surface area contributed by atoms with Gasteiger partial charge in [0.1, 0.15) is 11.5 Å². The first-order chi connectivity index (χ1) is 11.8. The van der Waals surface area contributed by atoms with Gasteiger partial charge < -0.3 is 15.2 Å². The number of carbonyl (C=O) groups excluding carboxylic acids is 1. The molecule has 1 aliphatic rings. The smallest absolute Gasteiger partial charge is 0.256 e. The van der Waals surface area contributed by atoms with Crippen molar-refractivity contribution in [2.75, 3.05) is 18.4 Å². The number of nitrogens with zero attached hydrogens (tertiary/aromatic N) is 4. The van der Waals surface area contributed by atoms with E-state index in [4.69, 9.17) is 0 Å². The number of nitrogens with one attached hydrogen (secondary N) is 2. The molecule has 0 aromatic carbocycles. The Balaban J connectivity index is 1.61. The zero-order chi connectivity index (χ0) is 16.5. The van der Waals surface area contributed by atoms with Crippen LogP contribution in [0.15, 0.2) is 30.6 Å². The lowest BCUT2D eigenvalue weighted by atomic mass is 10.1. The highest BCUT2D eigenvalue weighted by Gasteiger charge is 2.25. The molecule has 3 aromatic heterocycles. The Morgan fingerprint density at radius 2 is 2.33 bits per heavy atom. The van der Waals surface area contributed by atoms with Gasteiger partial charge in [-0.15, -0.1) is 5.10 Å². The Morgan fingerprint density at radius 1 is 1.42 bits per heavy atom. The average molecular weight is 322 g/mol. The third kappa shape index (κ3) is 2.47. The number of carbonyl (C=O) groups is 1. The van der Waals surface area contributed by atoms with Gasteiger partial charge in [-0.05, 0) is 30.7 Å². The normalized spacial score (nSPS) is 13.8. The summed E-state index contributed by atoms with van der Waals surface area (Å²) in [5, 5.41) is 12.5. The van der Waals surface area contributed by atoms with Crippen LogP contribution in [-0.4, -0.2) is 44.1 Å². The second-order valence-corrected chi connectivity index (χ2v) is 5.81. The number of hydrogen-bond acceptors (Lipinski definition) is 5. The Kier molecular flexibility index (Phi) is 3.60. The lowest BCUT2D eigenvalue weighted by Gasteiger charge is -2.28. The van der Waals surface area contributed by atoms with E-state index in [1.807, 2.05) is 30.0 Å². The molecular weight excluding hydrogens is 304 g/mol. The number of hydrogen-bond donors (Lipinski definition) is 2. The van der Waals surface area contributed by atoms with Crippen molar-refractivity contribution in [3.8, 4) is 0 Å². The van der Waals surface area contributed by atoms with Crippen LogP contribution in [0.3, 0.4) is 0 Å². The average Bonchev–Trinajstić information content (AvgIpc) is 3.05. The number of rotatable bonds is 3. The largest absolute Gasteiger partial charge is 0.369 e. The quantitative estimate of drug-likeness (QED) is 0.770. The van der Waals surface area contributed by atoms with Gasteiger partial charge >= 0.3 is 0 Å². The molecule has 122 valence electrons. The maximum Gasteiger partial charge on any atom is 0.256 e. The number of H-pyrrole nitrogens is 1. The highest BCUT2D eigenvalue weighted by Crippen LogP contribution is 2.23. The Hall–Kier alpha value is -2.96. The van der Waals surface area contributed by atoms with E-state index in [9.17, 15) is 4.79 Å². The summed E-state index contributed by atoms with van der Waals surface area (Å²) in [7, 11) is 0. The number of anilines is 1. The standard InChI is InChI=1S/C17H18N6O/c1-2-18-15-8-11-10-23(7-5-14(11)21-22-15)17(24)13-9-20-16-12(13)4-3-6-19-16/h3-4,6,8-9H,2,5,7,10H2,1H3,(H,18,22)(H,19,20). The van der Waals surface area contributed by atoms with Crippen LogP contribution < -0.4 is 5.32 Å². The van der Waals surface area contributed by atoms with Crippen LogP contribution in [0.1, 0.15) is 28.5 Å². The van der Waals surface area contributed by atoms with Gasteiger partial charge in [0.2, 0.25) is 0 Å². The molecule has 0 atom stereocenters. The maximum atomic E-state index is 12.9. The molecule has 0 saturated heterocycles. The minimum absolute atomic E-state index is 0.0155. The van der Waals surface area contributed by atoms with Crippen molar-refractivity contribution < 1.29 is 4.79 Å². The van der Waals surface area contributed by atoms with Crippen molar-refractivity contribution in [1.29, 1.82) is 0 Å². The van der Waals surface area contributed by atoms with E-state index in [1.54, 1.807) is 12.4 Å². The van der Waals surface area contributed by atoms with Gasteiger partial charge in [-0.2, -0.15) is 5.10 Å². The molecular formula is C17H18N6O. The fourth-order valence-electron chi connectivity index (χ4n) is 3.07. The van der Waals surface area contributed by atoms with Crippen LogP contribution >= 0.6 is 0 Å². The lowest BCUT2D eigenvalue weighted by molar-refractivity contribution is 0.0735. The van der Waals surface area contributed by atoms with Crippen molar-refractivity contribution in [3.05, 3.63) is 47.4 Å². The topological polar surface area (TPSA) is 86.8 Å². The molecule has 2 N–H and O–H groups in total. The minimum Gasteiger partial charge on any atom is -0.369 e.